The highest BCUT2D eigenvalue weighted by molar-refractivity contribution is 7.99. The van der Waals surface area contributed by atoms with Crippen LogP contribution >= 0.6 is 11.8 Å². The van der Waals surface area contributed by atoms with E-state index in [1.165, 1.54) is 4.90 Å². The fraction of sp³-hybridized carbons (Fsp3) is 0.278. The third-order valence-electron chi connectivity index (χ3n) is 3.73. The molecule has 1 aromatic heterocycles. The Balaban J connectivity index is 2.25. The molecule has 0 fully saturated rings. The van der Waals surface area contributed by atoms with Gasteiger partial charge in [-0.2, -0.15) is 0 Å². The zero-order valence-corrected chi connectivity index (χ0v) is 14.2. The normalized spacial score (nSPS) is 11.1. The number of nitrogens with two attached hydrogens (primary N) is 1. The third-order valence-corrected chi connectivity index (χ3v) is 4.95. The smallest absolute Gasteiger partial charge is 0.119 e. The van der Waals surface area contributed by atoms with Crippen molar-refractivity contribution < 1.29 is 9.47 Å². The standard InChI is InChI=1S/C18H20N2O2S/c1-21-12-4-6-16-14(10-12)18(23-9-3-8-19)15-11-13(22-2)5-7-17(15)20-16/h4-7,10-11H,3,8-9,19H2,1-2H3. The van der Waals surface area contributed by atoms with Gasteiger partial charge in [-0.3, -0.25) is 0 Å². The summed E-state index contributed by atoms with van der Waals surface area (Å²) in [6.45, 7) is 0.695. The molecule has 0 unspecified atom stereocenters. The Hall–Kier alpha value is -1.98. The molecule has 1 heterocycles. The summed E-state index contributed by atoms with van der Waals surface area (Å²) in [6, 6.07) is 12.0. The number of rotatable bonds is 6. The molecule has 4 nitrogen and oxygen atoms in total. The van der Waals surface area contributed by atoms with Gasteiger partial charge in [0.25, 0.3) is 0 Å². The van der Waals surface area contributed by atoms with Crippen molar-refractivity contribution in [2.75, 3.05) is 26.5 Å². The second-order valence-corrected chi connectivity index (χ2v) is 6.30. The van der Waals surface area contributed by atoms with E-state index < -0.39 is 0 Å². The molecule has 0 saturated heterocycles. The molecule has 0 atom stereocenters. The average molecular weight is 328 g/mol. The fourth-order valence-corrected chi connectivity index (χ4v) is 3.68. The Morgan fingerprint density at radius 2 is 1.52 bits per heavy atom. The van der Waals surface area contributed by atoms with Crippen LogP contribution in [0.3, 0.4) is 0 Å². The van der Waals surface area contributed by atoms with Crippen molar-refractivity contribution in [1.82, 2.24) is 4.98 Å². The SMILES string of the molecule is COc1ccc2nc3ccc(OC)cc3c(SCCCN)c2c1. The zero-order valence-electron chi connectivity index (χ0n) is 13.3. The molecular formula is C18H20N2O2S. The van der Waals surface area contributed by atoms with E-state index in [1.54, 1.807) is 14.2 Å². The van der Waals surface area contributed by atoms with Crippen LogP contribution in [0.15, 0.2) is 41.3 Å². The molecule has 0 radical (unpaired) electrons. The minimum atomic E-state index is 0.695. The summed E-state index contributed by atoms with van der Waals surface area (Å²) in [5, 5.41) is 2.21. The van der Waals surface area contributed by atoms with Gasteiger partial charge in [0, 0.05) is 15.7 Å². The summed E-state index contributed by atoms with van der Waals surface area (Å²) >= 11 is 1.81. The summed E-state index contributed by atoms with van der Waals surface area (Å²) in [4.78, 5) is 5.97. The van der Waals surface area contributed by atoms with Gasteiger partial charge in [0.2, 0.25) is 0 Å². The van der Waals surface area contributed by atoms with Gasteiger partial charge in [-0.15, -0.1) is 11.8 Å². The van der Waals surface area contributed by atoms with Crippen molar-refractivity contribution >= 4 is 33.6 Å². The molecule has 23 heavy (non-hydrogen) atoms. The lowest BCUT2D eigenvalue weighted by molar-refractivity contribution is 0.415. The summed E-state index contributed by atoms with van der Waals surface area (Å²) in [7, 11) is 3.36. The van der Waals surface area contributed by atoms with Crippen LogP contribution in [0, 0.1) is 0 Å². The first-order valence-corrected chi connectivity index (χ1v) is 8.53. The van der Waals surface area contributed by atoms with Gasteiger partial charge in [0.15, 0.2) is 0 Å². The zero-order chi connectivity index (χ0) is 16.2. The van der Waals surface area contributed by atoms with Gasteiger partial charge in [0.05, 0.1) is 25.3 Å². The molecule has 3 rings (SSSR count). The third kappa shape index (κ3) is 3.21. The second-order valence-electron chi connectivity index (χ2n) is 5.20. The van der Waals surface area contributed by atoms with Crippen LogP contribution in [0.5, 0.6) is 11.5 Å². The van der Waals surface area contributed by atoms with Gasteiger partial charge in [0.1, 0.15) is 11.5 Å². The van der Waals surface area contributed by atoms with Crippen LogP contribution in [-0.4, -0.2) is 31.5 Å². The maximum Gasteiger partial charge on any atom is 0.119 e. The highest BCUT2D eigenvalue weighted by Crippen LogP contribution is 2.37. The predicted molar refractivity (Wildman–Crippen MR) is 96.7 cm³/mol. The lowest BCUT2D eigenvalue weighted by atomic mass is 10.1. The quantitative estimate of drug-likeness (QED) is 0.423. The van der Waals surface area contributed by atoms with Crippen molar-refractivity contribution in [2.24, 2.45) is 5.73 Å². The fourth-order valence-electron chi connectivity index (χ4n) is 2.53. The van der Waals surface area contributed by atoms with Crippen LogP contribution in [0.2, 0.25) is 0 Å². The first kappa shape index (κ1) is 15.9. The summed E-state index contributed by atoms with van der Waals surface area (Å²) in [6.07, 6.45) is 0.976. The molecule has 0 bridgehead atoms. The maximum atomic E-state index is 5.64. The van der Waals surface area contributed by atoms with Crippen molar-refractivity contribution in [3.8, 4) is 11.5 Å². The number of thioether (sulfide) groups is 1. The van der Waals surface area contributed by atoms with Crippen LogP contribution < -0.4 is 15.2 Å². The number of hydrogen-bond acceptors (Lipinski definition) is 5. The van der Waals surface area contributed by atoms with E-state index in [2.05, 4.69) is 0 Å². The molecule has 0 saturated carbocycles. The lowest BCUT2D eigenvalue weighted by Gasteiger charge is -2.12. The Kier molecular flexibility index (Phi) is 4.88. The summed E-state index contributed by atoms with van der Waals surface area (Å²) in [5.74, 6) is 2.64. The molecule has 0 aliphatic rings. The topological polar surface area (TPSA) is 57.4 Å². The molecule has 0 aliphatic heterocycles. The number of aromatic nitrogens is 1. The van der Waals surface area contributed by atoms with E-state index in [1.807, 2.05) is 48.2 Å². The maximum absolute atomic E-state index is 5.64. The Morgan fingerprint density at radius 1 is 0.957 bits per heavy atom. The number of fused-ring (bicyclic) bond motifs is 2. The largest absolute Gasteiger partial charge is 0.497 e. The number of benzene rings is 2. The number of nitrogens with zero attached hydrogens (tertiary/aromatic N) is 1. The molecular weight excluding hydrogens is 308 g/mol. The molecule has 5 heteroatoms. The summed E-state index contributed by atoms with van der Waals surface area (Å²) < 4.78 is 10.8. The molecule has 2 N–H and O–H groups in total. The minimum absolute atomic E-state index is 0.695. The average Bonchev–Trinajstić information content (AvgIpc) is 2.60. The monoisotopic (exact) mass is 328 g/mol. The van der Waals surface area contributed by atoms with Crippen LogP contribution in [-0.2, 0) is 0 Å². The van der Waals surface area contributed by atoms with Gasteiger partial charge in [-0.25, -0.2) is 4.98 Å². The van der Waals surface area contributed by atoms with E-state index in [-0.39, 0.29) is 0 Å². The van der Waals surface area contributed by atoms with Gasteiger partial charge in [-0.05, 0) is 55.1 Å². The van der Waals surface area contributed by atoms with Gasteiger partial charge < -0.3 is 15.2 Å². The molecule has 2 aromatic carbocycles. The first-order chi connectivity index (χ1) is 11.3. The molecule has 0 spiro atoms. The van der Waals surface area contributed by atoms with Crippen LogP contribution in [0.4, 0.5) is 0 Å². The Labute approximate surface area is 140 Å². The number of methoxy groups -OCH3 is 2. The van der Waals surface area contributed by atoms with Gasteiger partial charge in [-0.1, -0.05) is 0 Å². The van der Waals surface area contributed by atoms with Crippen molar-refractivity contribution in [1.29, 1.82) is 0 Å². The summed E-state index contributed by atoms with van der Waals surface area (Å²) in [5.41, 5.74) is 7.59. The van der Waals surface area contributed by atoms with E-state index >= 15 is 0 Å². The Bertz CT molecular complexity index is 774. The molecule has 0 aliphatic carbocycles. The van der Waals surface area contributed by atoms with Crippen molar-refractivity contribution in [2.45, 2.75) is 11.3 Å². The van der Waals surface area contributed by atoms with Crippen molar-refractivity contribution in [3.05, 3.63) is 36.4 Å². The molecule has 3 aromatic rings. The van der Waals surface area contributed by atoms with E-state index in [9.17, 15) is 0 Å². The lowest BCUT2D eigenvalue weighted by Crippen LogP contribution is -1.99. The second kappa shape index (κ2) is 7.06. The molecule has 120 valence electrons. The highest BCUT2D eigenvalue weighted by atomic mass is 32.2. The number of hydrogen-bond donors (Lipinski definition) is 1. The van der Waals surface area contributed by atoms with Crippen molar-refractivity contribution in [3.63, 3.8) is 0 Å². The van der Waals surface area contributed by atoms with Gasteiger partial charge >= 0.3 is 0 Å². The predicted octanol–water partition coefficient (Wildman–Crippen LogP) is 3.85. The minimum Gasteiger partial charge on any atom is -0.497 e. The number of pyridine rings is 1. The van der Waals surface area contributed by atoms with Crippen LogP contribution in [0.25, 0.3) is 21.8 Å². The van der Waals surface area contributed by atoms with E-state index in [0.29, 0.717) is 6.54 Å². The van der Waals surface area contributed by atoms with Crippen LogP contribution in [0.1, 0.15) is 6.42 Å². The molecule has 0 amide bonds. The number of ether oxygens (including phenoxy) is 2. The Morgan fingerprint density at radius 3 is 2.00 bits per heavy atom. The van der Waals surface area contributed by atoms with E-state index in [4.69, 9.17) is 20.2 Å². The highest BCUT2D eigenvalue weighted by Gasteiger charge is 2.11. The first-order valence-electron chi connectivity index (χ1n) is 7.55. The van der Waals surface area contributed by atoms with E-state index in [0.717, 1.165) is 45.5 Å².